The summed E-state index contributed by atoms with van der Waals surface area (Å²) in [5, 5.41) is 0. The van der Waals surface area contributed by atoms with Gasteiger partial charge in [-0.25, -0.2) is 0 Å². The molecule has 76 valence electrons. The maximum Gasteiger partial charge on any atom is 0.106 e. The van der Waals surface area contributed by atoms with Crippen LogP contribution in [-0.4, -0.2) is 20.4 Å². The van der Waals surface area contributed by atoms with Gasteiger partial charge in [-0.3, -0.25) is 0 Å². The van der Waals surface area contributed by atoms with Gasteiger partial charge in [0.2, 0.25) is 0 Å². The van der Waals surface area contributed by atoms with Crippen molar-refractivity contribution in [2.45, 2.75) is 12.8 Å². The summed E-state index contributed by atoms with van der Waals surface area (Å²) in [6.45, 7) is 6.00. The first-order valence-corrected chi connectivity index (χ1v) is 3.17. The smallest absolute Gasteiger partial charge is 0.106 e. The number of allylic oxidation sites excluding steroid dienone is 4. The van der Waals surface area contributed by atoms with Gasteiger partial charge in [-0.2, -0.15) is 0 Å². The first kappa shape index (κ1) is 22.7. The van der Waals surface area contributed by atoms with E-state index in [4.69, 9.17) is 14.4 Å². The van der Waals surface area contributed by atoms with Gasteiger partial charge in [-0.15, -0.1) is 0 Å². The molecule has 0 N–H and O–H groups in total. The van der Waals surface area contributed by atoms with Crippen LogP contribution >= 0.6 is 0 Å². The SMILES string of the molecule is C1=CCC=CC1.C=O.C=O.C=O.[Ru]. The van der Waals surface area contributed by atoms with Crippen LogP contribution < -0.4 is 0 Å². The second kappa shape index (κ2) is 43.5. The Morgan fingerprint density at radius 1 is 0.615 bits per heavy atom. The molecule has 0 unspecified atom stereocenters. The van der Waals surface area contributed by atoms with Crippen molar-refractivity contribution in [2.24, 2.45) is 0 Å². The molecule has 1 aliphatic rings. The predicted molar refractivity (Wildman–Crippen MR) is 48.9 cm³/mol. The molecule has 0 saturated heterocycles. The quantitative estimate of drug-likeness (QED) is 0.493. The normalized spacial score (nSPS) is 9.54. The molecule has 4 heteroatoms. The Morgan fingerprint density at radius 2 is 0.769 bits per heavy atom. The third-order valence-corrected chi connectivity index (χ3v) is 0.878. The van der Waals surface area contributed by atoms with Crippen molar-refractivity contribution in [2.75, 3.05) is 0 Å². The van der Waals surface area contributed by atoms with Gasteiger partial charge in [-0.05, 0) is 12.8 Å². The van der Waals surface area contributed by atoms with Gasteiger partial charge < -0.3 is 14.4 Å². The zero-order chi connectivity index (χ0) is 10.2. The summed E-state index contributed by atoms with van der Waals surface area (Å²) in [6.07, 6.45) is 11.0. The predicted octanol–water partition coefficient (Wildman–Crippen LogP) is 1.34. The molecule has 0 aliphatic heterocycles. The molecule has 0 radical (unpaired) electrons. The third-order valence-electron chi connectivity index (χ3n) is 0.878. The molecule has 1 aliphatic carbocycles. The molecule has 0 aromatic carbocycles. The summed E-state index contributed by atoms with van der Waals surface area (Å²) in [4.78, 5) is 24.0. The molecule has 0 heterocycles. The van der Waals surface area contributed by atoms with Crippen molar-refractivity contribution in [1.29, 1.82) is 0 Å². The summed E-state index contributed by atoms with van der Waals surface area (Å²) in [5.41, 5.74) is 0. The molecule has 0 atom stereocenters. The Kier molecular flexibility index (Phi) is 76.0. The second-order valence-corrected chi connectivity index (χ2v) is 1.41. The molecule has 0 fully saturated rings. The van der Waals surface area contributed by atoms with Crippen LogP contribution in [-0.2, 0) is 33.9 Å². The Bertz CT molecular complexity index is 99.3. The third kappa shape index (κ3) is 35.3. The molecular weight excluding hydrogens is 257 g/mol. The minimum atomic E-state index is 0. The Balaban J connectivity index is -0.0000000508. The molecule has 0 saturated carbocycles. The van der Waals surface area contributed by atoms with Gasteiger partial charge >= 0.3 is 0 Å². The summed E-state index contributed by atoms with van der Waals surface area (Å²) < 4.78 is 0. The fraction of sp³-hybridized carbons (Fsp3) is 0.222. The average molecular weight is 271 g/mol. The zero-order valence-electron chi connectivity index (χ0n) is 7.42. The molecule has 0 amide bonds. The molecule has 0 aromatic heterocycles. The van der Waals surface area contributed by atoms with E-state index in [1.807, 2.05) is 20.4 Å². The first-order valence-electron chi connectivity index (χ1n) is 3.17. The van der Waals surface area contributed by atoms with E-state index in [1.54, 1.807) is 0 Å². The fourth-order valence-electron chi connectivity index (χ4n) is 0.542. The van der Waals surface area contributed by atoms with Crippen LogP contribution in [0, 0.1) is 0 Å². The van der Waals surface area contributed by atoms with E-state index in [2.05, 4.69) is 24.3 Å². The number of carbonyl (C=O) groups is 3. The maximum absolute atomic E-state index is 8.00. The fourth-order valence-corrected chi connectivity index (χ4v) is 0.542. The van der Waals surface area contributed by atoms with Crippen molar-refractivity contribution >= 4 is 20.4 Å². The van der Waals surface area contributed by atoms with Crippen LogP contribution in [0.5, 0.6) is 0 Å². The van der Waals surface area contributed by atoms with Gasteiger partial charge in [0.1, 0.15) is 20.4 Å². The van der Waals surface area contributed by atoms with Crippen molar-refractivity contribution in [3.63, 3.8) is 0 Å². The molecule has 0 spiro atoms. The van der Waals surface area contributed by atoms with Crippen LogP contribution in [0.1, 0.15) is 12.8 Å². The van der Waals surface area contributed by atoms with E-state index >= 15 is 0 Å². The minimum absolute atomic E-state index is 0. The van der Waals surface area contributed by atoms with Crippen LogP contribution in [0.4, 0.5) is 0 Å². The standard InChI is InChI=1S/C6H8.3CH2O.Ru/c1-2-4-6-5-3-1;3*1-2;/h1-2,5-6H,3-4H2;3*1H2;. The van der Waals surface area contributed by atoms with E-state index in [1.165, 1.54) is 0 Å². The average Bonchev–Trinajstić information content (AvgIpc) is 2.29. The Labute approximate surface area is 91.7 Å². The zero-order valence-corrected chi connectivity index (χ0v) is 9.16. The molecule has 0 bridgehead atoms. The number of hydrogen-bond donors (Lipinski definition) is 0. The van der Waals surface area contributed by atoms with E-state index in [-0.39, 0.29) is 19.5 Å². The molecular formula is C9H14O3Ru. The van der Waals surface area contributed by atoms with Crippen LogP contribution in [0.25, 0.3) is 0 Å². The van der Waals surface area contributed by atoms with Gasteiger partial charge in [0, 0.05) is 19.5 Å². The molecule has 3 nitrogen and oxygen atoms in total. The topological polar surface area (TPSA) is 51.2 Å². The van der Waals surface area contributed by atoms with Crippen LogP contribution in [0.3, 0.4) is 0 Å². The summed E-state index contributed by atoms with van der Waals surface area (Å²) in [7, 11) is 0. The van der Waals surface area contributed by atoms with Crippen molar-refractivity contribution in [1.82, 2.24) is 0 Å². The van der Waals surface area contributed by atoms with Crippen LogP contribution in [0.15, 0.2) is 24.3 Å². The van der Waals surface area contributed by atoms with Gasteiger partial charge in [0.25, 0.3) is 0 Å². The van der Waals surface area contributed by atoms with Gasteiger partial charge in [-0.1, -0.05) is 24.3 Å². The number of hydrogen-bond acceptors (Lipinski definition) is 3. The van der Waals surface area contributed by atoms with Gasteiger partial charge in [0.15, 0.2) is 0 Å². The maximum atomic E-state index is 8.00. The Hall–Kier alpha value is -0.887. The summed E-state index contributed by atoms with van der Waals surface area (Å²) >= 11 is 0. The van der Waals surface area contributed by atoms with Crippen molar-refractivity contribution < 1.29 is 33.9 Å². The monoisotopic (exact) mass is 272 g/mol. The summed E-state index contributed by atoms with van der Waals surface area (Å²) in [6, 6.07) is 0. The number of rotatable bonds is 0. The van der Waals surface area contributed by atoms with E-state index in [9.17, 15) is 0 Å². The largest absolute Gasteiger partial charge is 0.307 e. The van der Waals surface area contributed by atoms with E-state index in [0.717, 1.165) is 12.8 Å². The Morgan fingerprint density at radius 3 is 0.846 bits per heavy atom. The van der Waals surface area contributed by atoms with Crippen molar-refractivity contribution in [3.05, 3.63) is 24.3 Å². The van der Waals surface area contributed by atoms with Crippen molar-refractivity contribution in [3.8, 4) is 0 Å². The molecule has 1 rings (SSSR count). The van der Waals surface area contributed by atoms with Crippen LogP contribution in [0.2, 0.25) is 0 Å². The summed E-state index contributed by atoms with van der Waals surface area (Å²) in [5.74, 6) is 0. The van der Waals surface area contributed by atoms with E-state index < -0.39 is 0 Å². The second-order valence-electron chi connectivity index (χ2n) is 1.41. The first-order chi connectivity index (χ1) is 6.00. The minimum Gasteiger partial charge on any atom is -0.307 e. The van der Waals surface area contributed by atoms with E-state index in [0.29, 0.717) is 0 Å². The molecule has 0 aromatic rings. The van der Waals surface area contributed by atoms with Gasteiger partial charge in [0.05, 0.1) is 0 Å². The number of carbonyl (C=O) groups excluding carboxylic acids is 3. The molecule has 13 heavy (non-hydrogen) atoms.